The van der Waals surface area contributed by atoms with Gasteiger partial charge in [-0.15, -0.1) is 0 Å². The minimum atomic E-state index is -0.0652. The first-order valence-corrected chi connectivity index (χ1v) is 6.06. The molecule has 1 aromatic rings. The van der Waals surface area contributed by atoms with Gasteiger partial charge in [-0.1, -0.05) is 0 Å². The Bertz CT molecular complexity index is 429. The molecule has 0 bridgehead atoms. The maximum absolute atomic E-state index is 11.8. The lowest BCUT2D eigenvalue weighted by atomic mass is 10.2. The van der Waals surface area contributed by atoms with Crippen LogP contribution in [0.25, 0.3) is 0 Å². The van der Waals surface area contributed by atoms with Crippen molar-refractivity contribution in [2.24, 2.45) is 5.92 Å². The first-order valence-electron chi connectivity index (χ1n) is 5.27. The van der Waals surface area contributed by atoms with Crippen molar-refractivity contribution in [2.45, 2.75) is 24.9 Å². The summed E-state index contributed by atoms with van der Waals surface area (Å²) in [5.74, 6) is 1.19. The average Bonchev–Trinajstić information content (AvgIpc) is 2.86. The van der Waals surface area contributed by atoms with E-state index in [-0.39, 0.29) is 11.9 Å². The lowest BCUT2D eigenvalue weighted by Gasteiger charge is -2.12. The monoisotopic (exact) mass is 282 g/mol. The molecular weight excluding hydrogens is 272 g/mol. The number of hydrogen-bond donors (Lipinski definition) is 2. The van der Waals surface area contributed by atoms with Crippen LogP contribution in [0.2, 0.25) is 0 Å². The second kappa shape index (κ2) is 3.78. The maximum Gasteiger partial charge on any atom is 0.242 e. The predicted molar refractivity (Wildman–Crippen MR) is 61.8 cm³/mol. The molecule has 84 valence electrons. The minimum Gasteiger partial charge on any atom is -0.308 e. The number of nitrogens with zero attached hydrogens (tertiary/aromatic N) is 2. The smallest absolute Gasteiger partial charge is 0.242 e. The molecule has 3 atom stereocenters. The number of carbonyl (C=O) groups is 1. The molecule has 0 radical (unpaired) electrons. The Balaban J connectivity index is 1.64. The van der Waals surface area contributed by atoms with Crippen LogP contribution in [0.3, 0.4) is 0 Å². The molecule has 3 unspecified atom stereocenters. The van der Waals surface area contributed by atoms with Crippen molar-refractivity contribution < 1.29 is 4.79 Å². The zero-order chi connectivity index (χ0) is 11.1. The molecule has 6 heteroatoms. The highest BCUT2D eigenvalue weighted by Crippen LogP contribution is 2.40. The van der Waals surface area contributed by atoms with Crippen molar-refractivity contribution in [3.05, 3.63) is 17.0 Å². The third-order valence-corrected chi connectivity index (χ3v) is 3.43. The van der Waals surface area contributed by atoms with E-state index in [4.69, 9.17) is 0 Å². The van der Waals surface area contributed by atoms with E-state index in [2.05, 4.69) is 36.5 Å². The number of fused-ring (bicyclic) bond motifs is 1. The zero-order valence-corrected chi connectivity index (χ0v) is 10.1. The Morgan fingerprint density at radius 2 is 2.38 bits per heavy atom. The Morgan fingerprint density at radius 3 is 3.06 bits per heavy atom. The molecule has 2 N–H and O–H groups in total. The standard InChI is InChI=1S/C10H11BrN4O/c11-8-3-12-4-9(14-8)15-10(16)7-2-5-1-6(5)13-7/h3-7,13H,1-2H2,(H,14,15,16). The second-order valence-electron chi connectivity index (χ2n) is 4.27. The number of anilines is 1. The summed E-state index contributed by atoms with van der Waals surface area (Å²) in [6, 6.07) is 0.508. The van der Waals surface area contributed by atoms with E-state index >= 15 is 0 Å². The van der Waals surface area contributed by atoms with Gasteiger partial charge in [-0.2, -0.15) is 0 Å². The molecule has 5 nitrogen and oxygen atoms in total. The van der Waals surface area contributed by atoms with Gasteiger partial charge in [0.2, 0.25) is 5.91 Å². The quantitative estimate of drug-likeness (QED) is 0.847. The highest BCUT2D eigenvalue weighted by atomic mass is 79.9. The van der Waals surface area contributed by atoms with Gasteiger partial charge in [0.1, 0.15) is 4.60 Å². The number of amides is 1. The molecule has 2 aliphatic rings. The molecular formula is C10H11BrN4O. The van der Waals surface area contributed by atoms with Crippen LogP contribution in [0.15, 0.2) is 17.0 Å². The van der Waals surface area contributed by atoms with Gasteiger partial charge in [-0.05, 0) is 34.7 Å². The fourth-order valence-corrected chi connectivity index (χ4v) is 2.45. The average molecular weight is 283 g/mol. The van der Waals surface area contributed by atoms with Gasteiger partial charge in [-0.25, -0.2) is 4.98 Å². The highest BCUT2D eigenvalue weighted by Gasteiger charge is 2.47. The number of carbonyl (C=O) groups excluding carboxylic acids is 1. The molecule has 16 heavy (non-hydrogen) atoms. The molecule has 1 aliphatic heterocycles. The Kier molecular flexibility index (Phi) is 2.40. The Morgan fingerprint density at radius 1 is 1.50 bits per heavy atom. The lowest BCUT2D eigenvalue weighted by molar-refractivity contribution is -0.118. The predicted octanol–water partition coefficient (Wildman–Crippen LogP) is 0.928. The van der Waals surface area contributed by atoms with Gasteiger partial charge in [0, 0.05) is 6.04 Å². The number of rotatable bonds is 2. The number of hydrogen-bond acceptors (Lipinski definition) is 4. The molecule has 1 aromatic heterocycles. The van der Waals surface area contributed by atoms with Crippen molar-refractivity contribution >= 4 is 27.7 Å². The molecule has 1 saturated heterocycles. The van der Waals surface area contributed by atoms with E-state index in [1.807, 2.05) is 0 Å². The van der Waals surface area contributed by atoms with Gasteiger partial charge >= 0.3 is 0 Å². The topological polar surface area (TPSA) is 66.9 Å². The summed E-state index contributed by atoms with van der Waals surface area (Å²) < 4.78 is 0.618. The highest BCUT2D eigenvalue weighted by molar-refractivity contribution is 9.10. The normalized spacial score (nSPS) is 30.9. The van der Waals surface area contributed by atoms with Gasteiger partial charge in [0.15, 0.2) is 5.82 Å². The summed E-state index contributed by atoms with van der Waals surface area (Å²) in [6.45, 7) is 0. The van der Waals surface area contributed by atoms with E-state index in [9.17, 15) is 4.79 Å². The molecule has 2 fully saturated rings. The summed E-state index contributed by atoms with van der Waals surface area (Å²) in [4.78, 5) is 19.9. The number of aromatic nitrogens is 2. The van der Waals surface area contributed by atoms with E-state index in [1.165, 1.54) is 6.42 Å². The fourth-order valence-electron chi connectivity index (χ4n) is 2.14. The van der Waals surface area contributed by atoms with Crippen molar-refractivity contribution in [3.63, 3.8) is 0 Å². The number of halogens is 1. The van der Waals surface area contributed by atoms with Crippen molar-refractivity contribution in [1.82, 2.24) is 15.3 Å². The third-order valence-electron chi connectivity index (χ3n) is 3.05. The summed E-state index contributed by atoms with van der Waals surface area (Å²) in [6.07, 6.45) is 5.29. The largest absolute Gasteiger partial charge is 0.308 e. The molecule has 2 heterocycles. The fraction of sp³-hybridized carbons (Fsp3) is 0.500. The van der Waals surface area contributed by atoms with E-state index in [0.717, 1.165) is 6.42 Å². The first kappa shape index (κ1) is 10.2. The van der Waals surface area contributed by atoms with Crippen LogP contribution in [0, 0.1) is 5.92 Å². The van der Waals surface area contributed by atoms with Crippen LogP contribution in [-0.4, -0.2) is 28.0 Å². The minimum absolute atomic E-state index is 0.0143. The second-order valence-corrected chi connectivity index (χ2v) is 5.09. The number of piperidine rings is 1. The van der Waals surface area contributed by atoms with Gasteiger partial charge in [0.05, 0.1) is 18.4 Å². The van der Waals surface area contributed by atoms with E-state index in [0.29, 0.717) is 22.4 Å². The van der Waals surface area contributed by atoms with Gasteiger partial charge in [0.25, 0.3) is 0 Å². The molecule has 1 amide bonds. The SMILES string of the molecule is O=C(Nc1cncc(Br)n1)C1CC2CC2N1. The van der Waals surface area contributed by atoms with Crippen LogP contribution in [-0.2, 0) is 4.79 Å². The van der Waals surface area contributed by atoms with Crippen molar-refractivity contribution in [3.8, 4) is 0 Å². The maximum atomic E-state index is 11.8. The molecule has 3 rings (SSSR count). The molecule has 0 spiro atoms. The summed E-state index contributed by atoms with van der Waals surface area (Å²) >= 11 is 3.21. The lowest BCUT2D eigenvalue weighted by Crippen LogP contribution is -2.38. The summed E-state index contributed by atoms with van der Waals surface area (Å²) in [5, 5.41) is 6.05. The molecule has 1 aliphatic carbocycles. The van der Waals surface area contributed by atoms with Crippen molar-refractivity contribution in [1.29, 1.82) is 0 Å². The number of nitrogens with one attached hydrogen (secondary N) is 2. The Labute approximate surface area is 101 Å². The van der Waals surface area contributed by atoms with Gasteiger partial charge < -0.3 is 10.6 Å². The van der Waals surface area contributed by atoms with Crippen LogP contribution >= 0.6 is 15.9 Å². The molecule has 0 aromatic carbocycles. The van der Waals surface area contributed by atoms with Crippen LogP contribution in [0.4, 0.5) is 5.82 Å². The van der Waals surface area contributed by atoms with Crippen molar-refractivity contribution in [2.75, 3.05) is 5.32 Å². The van der Waals surface area contributed by atoms with Crippen LogP contribution < -0.4 is 10.6 Å². The Hall–Kier alpha value is -1.01. The van der Waals surface area contributed by atoms with Crippen LogP contribution in [0.5, 0.6) is 0 Å². The van der Waals surface area contributed by atoms with Crippen LogP contribution in [0.1, 0.15) is 12.8 Å². The molecule has 1 saturated carbocycles. The first-order chi connectivity index (χ1) is 7.72. The summed E-state index contributed by atoms with van der Waals surface area (Å²) in [5.41, 5.74) is 0. The summed E-state index contributed by atoms with van der Waals surface area (Å²) in [7, 11) is 0. The van der Waals surface area contributed by atoms with E-state index in [1.54, 1.807) is 12.4 Å². The van der Waals surface area contributed by atoms with Gasteiger partial charge in [-0.3, -0.25) is 9.78 Å². The van der Waals surface area contributed by atoms with E-state index < -0.39 is 0 Å². The third kappa shape index (κ3) is 1.94. The zero-order valence-electron chi connectivity index (χ0n) is 8.48.